The molecule has 2 aliphatic rings. The van der Waals surface area contributed by atoms with Crippen LogP contribution in [0.25, 0.3) is 0 Å². The number of alkyl carbamates (subject to hydrolysis) is 1. The van der Waals surface area contributed by atoms with Gasteiger partial charge in [0.2, 0.25) is 5.91 Å². The van der Waals surface area contributed by atoms with Crippen LogP contribution in [0.1, 0.15) is 52.0 Å². The summed E-state index contributed by atoms with van der Waals surface area (Å²) in [7, 11) is -1.80. The maximum absolute atomic E-state index is 13.8. The molecule has 0 bridgehead atoms. The van der Waals surface area contributed by atoms with Crippen molar-refractivity contribution in [3.63, 3.8) is 0 Å². The molecule has 3 rings (SSSR count). The Hall–Kier alpha value is -2.75. The third-order valence-corrected chi connectivity index (χ3v) is 7.75. The highest BCUT2D eigenvalue weighted by Crippen LogP contribution is 2.36. The van der Waals surface area contributed by atoms with E-state index in [-0.39, 0.29) is 44.3 Å². The van der Waals surface area contributed by atoms with E-state index in [9.17, 15) is 33.7 Å². The number of nitrogens with zero attached hydrogens (tertiary/aromatic N) is 3. The molecule has 0 radical (unpaired) electrons. The van der Waals surface area contributed by atoms with Crippen LogP contribution in [-0.4, -0.2) is 88.7 Å². The van der Waals surface area contributed by atoms with Crippen LogP contribution in [-0.2, 0) is 16.0 Å². The zero-order valence-electron chi connectivity index (χ0n) is 22.9. The van der Waals surface area contributed by atoms with Crippen molar-refractivity contribution in [2.24, 2.45) is 11.8 Å². The molecular weight excluding hydrogens is 509 g/mol. The molecule has 2 fully saturated rings. The van der Waals surface area contributed by atoms with Crippen molar-refractivity contribution in [1.82, 2.24) is 15.1 Å². The molecule has 1 aromatic rings. The summed E-state index contributed by atoms with van der Waals surface area (Å²) in [5.41, 5.74) is 0.206. The number of ether oxygens (including phenoxy) is 1. The molecule has 9 nitrogen and oxygen atoms in total. The highest BCUT2D eigenvalue weighted by Gasteiger charge is 2.45. The average Bonchev–Trinajstić information content (AvgIpc) is 3.25. The minimum absolute atomic E-state index is 0.115. The molecule has 0 spiro atoms. The lowest BCUT2D eigenvalue weighted by Gasteiger charge is -2.39. The second kappa shape index (κ2) is 13.1. The van der Waals surface area contributed by atoms with Gasteiger partial charge in [0.15, 0.2) is 0 Å². The lowest BCUT2D eigenvalue weighted by molar-refractivity contribution is -0.138. The van der Waals surface area contributed by atoms with Crippen molar-refractivity contribution in [1.29, 1.82) is 5.26 Å². The fourth-order valence-corrected chi connectivity index (χ4v) is 5.58. The summed E-state index contributed by atoms with van der Waals surface area (Å²) in [4.78, 5) is 29.1. The second-order valence-corrected chi connectivity index (χ2v) is 11.4. The van der Waals surface area contributed by atoms with Crippen LogP contribution in [0.5, 0.6) is 0 Å². The number of nitriles is 1. The SMILES string of the molecule is CC(CC(C)(C)N1CCC(F)(F)C1)C(C#N)C(=O)N1CCC[C@@H](OC(=O)N[C@@H](Cc2ccccc2)B(O)O)C1. The number of alkyl halides is 2. The van der Waals surface area contributed by atoms with E-state index in [1.807, 2.05) is 32.0 Å². The van der Waals surface area contributed by atoms with Crippen LogP contribution in [0.15, 0.2) is 30.3 Å². The molecule has 4 atom stereocenters. The summed E-state index contributed by atoms with van der Waals surface area (Å²) in [5, 5.41) is 31.8. The van der Waals surface area contributed by atoms with Gasteiger partial charge in [0.05, 0.1) is 25.1 Å². The fourth-order valence-electron chi connectivity index (χ4n) is 5.58. The monoisotopic (exact) mass is 548 g/mol. The average molecular weight is 548 g/mol. The van der Waals surface area contributed by atoms with Crippen molar-refractivity contribution in [3.8, 4) is 6.07 Å². The lowest BCUT2D eigenvalue weighted by atomic mass is 9.76. The third kappa shape index (κ3) is 8.62. The van der Waals surface area contributed by atoms with Gasteiger partial charge >= 0.3 is 13.2 Å². The number of benzene rings is 1. The van der Waals surface area contributed by atoms with Crippen molar-refractivity contribution < 1.29 is 33.2 Å². The van der Waals surface area contributed by atoms with Crippen LogP contribution in [0.2, 0.25) is 0 Å². The summed E-state index contributed by atoms with van der Waals surface area (Å²) in [6.07, 6.45) is 0.0436. The van der Waals surface area contributed by atoms with Gasteiger partial charge in [0.1, 0.15) is 12.0 Å². The highest BCUT2D eigenvalue weighted by molar-refractivity contribution is 6.43. The van der Waals surface area contributed by atoms with Crippen molar-refractivity contribution in [2.45, 2.75) is 76.4 Å². The van der Waals surface area contributed by atoms with E-state index < -0.39 is 42.6 Å². The molecule has 0 aromatic heterocycles. The van der Waals surface area contributed by atoms with Crippen LogP contribution < -0.4 is 5.32 Å². The molecule has 2 amide bonds. The predicted molar refractivity (Wildman–Crippen MR) is 141 cm³/mol. The van der Waals surface area contributed by atoms with E-state index in [1.54, 1.807) is 24.0 Å². The number of piperidine rings is 1. The Morgan fingerprint density at radius 1 is 1.28 bits per heavy atom. The van der Waals surface area contributed by atoms with Crippen LogP contribution >= 0.6 is 0 Å². The number of halogens is 2. The fraction of sp³-hybridized carbons (Fsp3) is 0.667. The van der Waals surface area contributed by atoms with Gasteiger partial charge in [-0.1, -0.05) is 37.3 Å². The van der Waals surface area contributed by atoms with E-state index in [1.165, 1.54) is 4.90 Å². The van der Waals surface area contributed by atoms with Gasteiger partial charge in [-0.25, -0.2) is 13.6 Å². The first kappa shape index (κ1) is 30.8. The van der Waals surface area contributed by atoms with Gasteiger partial charge < -0.3 is 25.0 Å². The molecule has 214 valence electrons. The topological polar surface area (TPSA) is 126 Å². The van der Waals surface area contributed by atoms with Crippen LogP contribution in [0, 0.1) is 23.2 Å². The first-order chi connectivity index (χ1) is 18.3. The Balaban J connectivity index is 1.55. The maximum Gasteiger partial charge on any atom is 0.475 e. The number of hydrogen-bond acceptors (Lipinski definition) is 7. The molecule has 3 N–H and O–H groups in total. The normalized spacial score (nSPS) is 21.9. The lowest BCUT2D eigenvalue weighted by Crippen LogP contribution is -2.51. The minimum Gasteiger partial charge on any atom is -0.444 e. The zero-order valence-corrected chi connectivity index (χ0v) is 22.9. The highest BCUT2D eigenvalue weighted by atomic mass is 19.3. The second-order valence-electron chi connectivity index (χ2n) is 11.4. The van der Waals surface area contributed by atoms with E-state index in [4.69, 9.17) is 4.74 Å². The van der Waals surface area contributed by atoms with Crippen molar-refractivity contribution >= 4 is 19.1 Å². The summed E-state index contributed by atoms with van der Waals surface area (Å²) in [5.74, 6) is -5.41. The van der Waals surface area contributed by atoms with Gasteiger partial charge in [-0.3, -0.25) is 9.69 Å². The van der Waals surface area contributed by atoms with Gasteiger partial charge in [0.25, 0.3) is 5.92 Å². The Morgan fingerprint density at radius 3 is 2.56 bits per heavy atom. The quantitative estimate of drug-likeness (QED) is 0.384. The molecule has 1 aromatic carbocycles. The van der Waals surface area contributed by atoms with Gasteiger partial charge in [-0.15, -0.1) is 0 Å². The predicted octanol–water partition coefficient (Wildman–Crippen LogP) is 2.61. The molecule has 2 saturated heterocycles. The Morgan fingerprint density at radius 2 is 1.97 bits per heavy atom. The standard InChI is InChI=1S/C27H39BF2N4O5/c1-19(15-26(2,3)34-13-11-27(29,30)18-34)22(16-31)24(35)33-12-7-10-21(17-33)39-25(36)32-23(28(37)38)14-20-8-5-4-6-9-20/h4-6,8-9,19,21-23,37-38H,7,10-15,17-18H2,1-3H3,(H,32,36)/t19?,21-,22?,23+/m1/s1. The van der Waals surface area contributed by atoms with E-state index in [0.717, 1.165) is 5.56 Å². The molecule has 2 aliphatic heterocycles. The molecule has 0 saturated carbocycles. The number of nitrogens with one attached hydrogen (secondary N) is 1. The summed E-state index contributed by atoms with van der Waals surface area (Å²) in [6.45, 7) is 5.99. The molecule has 39 heavy (non-hydrogen) atoms. The van der Waals surface area contributed by atoms with Crippen molar-refractivity contribution in [3.05, 3.63) is 35.9 Å². The third-order valence-electron chi connectivity index (χ3n) is 7.75. The Labute approximate surface area is 229 Å². The number of carbonyl (C=O) groups is 2. The summed E-state index contributed by atoms with van der Waals surface area (Å²) in [6, 6.07) is 11.2. The Kier molecular flexibility index (Phi) is 10.3. The molecule has 2 heterocycles. The largest absolute Gasteiger partial charge is 0.475 e. The number of hydrogen-bond donors (Lipinski definition) is 3. The van der Waals surface area contributed by atoms with E-state index in [0.29, 0.717) is 25.8 Å². The molecule has 12 heteroatoms. The van der Waals surface area contributed by atoms with Gasteiger partial charge in [-0.05, 0) is 51.0 Å². The minimum atomic E-state index is -2.73. The van der Waals surface area contributed by atoms with Crippen LogP contribution in [0.3, 0.4) is 0 Å². The number of amides is 2. The first-order valence-electron chi connectivity index (χ1n) is 13.5. The summed E-state index contributed by atoms with van der Waals surface area (Å²) < 4.78 is 33.1. The van der Waals surface area contributed by atoms with E-state index in [2.05, 4.69) is 11.4 Å². The van der Waals surface area contributed by atoms with Crippen LogP contribution in [0.4, 0.5) is 13.6 Å². The van der Waals surface area contributed by atoms with E-state index >= 15 is 0 Å². The summed E-state index contributed by atoms with van der Waals surface area (Å²) >= 11 is 0. The van der Waals surface area contributed by atoms with Gasteiger partial charge in [-0.2, -0.15) is 5.26 Å². The number of rotatable bonds is 10. The number of carbonyl (C=O) groups excluding carboxylic acids is 2. The molecule has 2 unspecified atom stereocenters. The Bertz CT molecular complexity index is 1020. The first-order valence-corrected chi connectivity index (χ1v) is 13.5. The zero-order chi connectivity index (χ0) is 28.8. The van der Waals surface area contributed by atoms with Gasteiger partial charge in [0, 0.05) is 25.0 Å². The van der Waals surface area contributed by atoms with Crippen molar-refractivity contribution in [2.75, 3.05) is 26.2 Å². The molecule has 0 aliphatic carbocycles. The smallest absolute Gasteiger partial charge is 0.444 e. The maximum atomic E-state index is 13.8. The molecular formula is C27H39BF2N4O5. The number of likely N-dealkylation sites (tertiary alicyclic amines) is 2.